The van der Waals surface area contributed by atoms with Crippen LogP contribution >= 0.6 is 0 Å². The first-order chi connectivity index (χ1) is 19.8. The molecule has 0 amide bonds. The van der Waals surface area contributed by atoms with Gasteiger partial charge in [-0.25, -0.2) is 0 Å². The topological polar surface area (TPSA) is 102 Å². The van der Waals surface area contributed by atoms with Gasteiger partial charge in [0.15, 0.2) is 0 Å². The van der Waals surface area contributed by atoms with Gasteiger partial charge in [0.2, 0.25) is 0 Å². The lowest BCUT2D eigenvalue weighted by molar-refractivity contribution is -0.151. The number of hydrogen-bond donors (Lipinski definition) is 2. The van der Waals surface area contributed by atoms with Crippen LogP contribution in [0.15, 0.2) is 72.8 Å². The van der Waals surface area contributed by atoms with E-state index in [9.17, 15) is 19.8 Å². The van der Waals surface area contributed by atoms with E-state index < -0.39 is 11.9 Å². The average molecular weight is 569 g/mol. The number of rotatable bonds is 6. The van der Waals surface area contributed by atoms with Gasteiger partial charge < -0.3 is 24.4 Å². The molecule has 7 nitrogen and oxygen atoms in total. The minimum atomic E-state index is -0.398. The minimum absolute atomic E-state index is 0.216. The van der Waals surface area contributed by atoms with Gasteiger partial charge in [0.1, 0.15) is 34.5 Å². The van der Waals surface area contributed by atoms with E-state index in [1.54, 1.807) is 48.5 Å². The molecule has 1 saturated heterocycles. The molecule has 4 aromatic carbocycles. The number of phenolic OH excluding ortho intramolecular Hbond substituents is 2. The van der Waals surface area contributed by atoms with Crippen LogP contribution in [0.4, 0.5) is 0 Å². The Kier molecular flexibility index (Phi) is 8.90. The van der Waals surface area contributed by atoms with Gasteiger partial charge in [-0.2, -0.15) is 0 Å². The maximum Gasteiger partial charge on any atom is 0.314 e. The first kappa shape index (κ1) is 30.2. The molecule has 0 unspecified atom stereocenters. The van der Waals surface area contributed by atoms with E-state index in [4.69, 9.17) is 9.47 Å². The quantitative estimate of drug-likeness (QED) is 0.179. The minimum Gasteiger partial charge on any atom is -0.508 e. The third-order valence-corrected chi connectivity index (χ3v) is 7.24. The Morgan fingerprint density at radius 3 is 1.17 bits per heavy atom. The van der Waals surface area contributed by atoms with Crippen LogP contribution in [0.25, 0.3) is 0 Å². The normalized spacial score (nSPS) is 12.8. The van der Waals surface area contributed by atoms with Crippen LogP contribution in [-0.4, -0.2) is 22.2 Å². The zero-order valence-corrected chi connectivity index (χ0v) is 24.8. The Balaban J connectivity index is 0.000000507. The highest BCUT2D eigenvalue weighted by molar-refractivity contribution is 5.92. The molecule has 0 aromatic heterocycles. The first-order valence-electron chi connectivity index (χ1n) is 13.7. The number of aryl methyl sites for hydroxylation is 4. The molecule has 0 atom stereocenters. The summed E-state index contributed by atoms with van der Waals surface area (Å²) >= 11 is 0. The van der Waals surface area contributed by atoms with Crippen molar-refractivity contribution in [2.45, 2.75) is 59.8 Å². The molecule has 0 bridgehead atoms. The van der Waals surface area contributed by atoms with E-state index in [0.717, 1.165) is 33.8 Å². The van der Waals surface area contributed by atoms with Gasteiger partial charge in [-0.3, -0.25) is 9.59 Å². The van der Waals surface area contributed by atoms with E-state index >= 15 is 0 Å². The summed E-state index contributed by atoms with van der Waals surface area (Å²) in [5.41, 5.74) is 6.40. The molecule has 0 aliphatic carbocycles. The van der Waals surface area contributed by atoms with Crippen LogP contribution in [0.2, 0.25) is 0 Å². The molecule has 1 fully saturated rings. The van der Waals surface area contributed by atoms with Crippen molar-refractivity contribution in [3.63, 3.8) is 0 Å². The van der Waals surface area contributed by atoms with Crippen molar-refractivity contribution in [3.8, 4) is 34.5 Å². The Labute approximate surface area is 246 Å². The summed E-state index contributed by atoms with van der Waals surface area (Å²) in [5, 5.41) is 19.1. The van der Waals surface area contributed by atoms with Gasteiger partial charge in [0.25, 0.3) is 0 Å². The highest BCUT2D eigenvalue weighted by Gasteiger charge is 2.26. The van der Waals surface area contributed by atoms with Crippen molar-refractivity contribution in [2.24, 2.45) is 0 Å². The third kappa shape index (κ3) is 7.10. The maximum atomic E-state index is 10.0. The molecule has 1 aliphatic heterocycles. The number of ether oxygens (including phenoxy) is 3. The number of hydrogen-bond acceptors (Lipinski definition) is 7. The number of esters is 2. The highest BCUT2D eigenvalue weighted by Crippen LogP contribution is 2.40. The van der Waals surface area contributed by atoms with Crippen molar-refractivity contribution >= 4 is 11.9 Å². The van der Waals surface area contributed by atoms with E-state index in [-0.39, 0.29) is 29.8 Å². The lowest BCUT2D eigenvalue weighted by Gasteiger charge is -2.29. The molecule has 1 aliphatic rings. The van der Waals surface area contributed by atoms with Crippen molar-refractivity contribution in [3.05, 3.63) is 106 Å². The zero-order valence-electron chi connectivity index (χ0n) is 24.8. The van der Waals surface area contributed by atoms with Crippen LogP contribution in [0, 0.1) is 27.7 Å². The number of aromatic hydroxyl groups is 2. The number of phenols is 2. The molecule has 2 N–H and O–H groups in total. The molecule has 5 rings (SSSR count). The van der Waals surface area contributed by atoms with Crippen LogP contribution in [0.3, 0.4) is 0 Å². The van der Waals surface area contributed by atoms with Gasteiger partial charge in [0.05, 0.1) is 12.8 Å². The standard InChI is InChI=1S/C31H32O4.C4H4O3/c1-19-15-23(16-20(2)29(19)34-27-11-7-25(32)8-12-27)31(5,6)24-17-21(3)30(22(4)18-24)35-28-13-9-26(33)10-14-28;5-3-1-2-4(6)7-3/h7-18,32-33H,1-6H3;1-2H2. The molecule has 7 heteroatoms. The summed E-state index contributed by atoms with van der Waals surface area (Å²) in [4.78, 5) is 20.0. The van der Waals surface area contributed by atoms with Crippen LogP contribution in [0.1, 0.15) is 60.1 Å². The second-order valence-electron chi connectivity index (χ2n) is 11.0. The fraction of sp³-hybridized carbons (Fsp3) is 0.257. The van der Waals surface area contributed by atoms with E-state index in [2.05, 4.69) is 70.5 Å². The van der Waals surface area contributed by atoms with Crippen LogP contribution in [-0.2, 0) is 19.7 Å². The lowest BCUT2D eigenvalue weighted by Crippen LogP contribution is -2.20. The van der Waals surface area contributed by atoms with Gasteiger partial charge in [-0.15, -0.1) is 0 Å². The molecule has 4 aromatic rings. The van der Waals surface area contributed by atoms with E-state index in [0.29, 0.717) is 11.5 Å². The first-order valence-corrected chi connectivity index (χ1v) is 13.7. The highest BCUT2D eigenvalue weighted by atomic mass is 16.6. The lowest BCUT2D eigenvalue weighted by atomic mass is 9.76. The Morgan fingerprint density at radius 1 is 0.595 bits per heavy atom. The number of benzene rings is 4. The molecule has 0 radical (unpaired) electrons. The fourth-order valence-corrected chi connectivity index (χ4v) is 4.81. The van der Waals surface area contributed by atoms with Crippen molar-refractivity contribution < 1.29 is 34.0 Å². The van der Waals surface area contributed by atoms with E-state index in [1.807, 2.05) is 0 Å². The maximum absolute atomic E-state index is 10.0. The van der Waals surface area contributed by atoms with Crippen LogP contribution < -0.4 is 9.47 Å². The van der Waals surface area contributed by atoms with Gasteiger partial charge in [-0.05, 0) is 110 Å². The van der Waals surface area contributed by atoms with Crippen molar-refractivity contribution in [1.29, 1.82) is 0 Å². The van der Waals surface area contributed by atoms with Crippen LogP contribution in [0.5, 0.6) is 34.5 Å². The zero-order chi connectivity index (χ0) is 30.6. The van der Waals surface area contributed by atoms with Gasteiger partial charge >= 0.3 is 11.9 Å². The molecular weight excluding hydrogens is 532 g/mol. The predicted molar refractivity (Wildman–Crippen MR) is 161 cm³/mol. The summed E-state index contributed by atoms with van der Waals surface area (Å²) in [6.45, 7) is 12.7. The van der Waals surface area contributed by atoms with Crippen molar-refractivity contribution in [1.82, 2.24) is 0 Å². The Morgan fingerprint density at radius 2 is 0.905 bits per heavy atom. The summed E-state index contributed by atoms with van der Waals surface area (Å²) in [7, 11) is 0. The molecule has 0 spiro atoms. The summed E-state index contributed by atoms with van der Waals surface area (Å²) in [6, 6.07) is 22.3. The summed E-state index contributed by atoms with van der Waals surface area (Å²) < 4.78 is 16.4. The van der Waals surface area contributed by atoms with Gasteiger partial charge in [-0.1, -0.05) is 38.1 Å². The molecule has 0 saturated carbocycles. The smallest absolute Gasteiger partial charge is 0.314 e. The SMILES string of the molecule is Cc1cc(C(C)(C)c2cc(C)c(Oc3ccc(O)cc3)c(C)c2)cc(C)c1Oc1ccc(O)cc1.O=C1CCC(=O)O1. The molecule has 42 heavy (non-hydrogen) atoms. The Bertz CT molecular complexity index is 1430. The fourth-order valence-electron chi connectivity index (χ4n) is 4.81. The number of carbonyl (C=O) groups excluding carboxylic acids is 2. The second kappa shape index (κ2) is 12.4. The summed E-state index contributed by atoms with van der Waals surface area (Å²) in [6.07, 6.45) is 0.525. The predicted octanol–water partition coefficient (Wildman–Crippen LogP) is 8.09. The van der Waals surface area contributed by atoms with Crippen molar-refractivity contribution in [2.75, 3.05) is 0 Å². The average Bonchev–Trinajstić information content (AvgIpc) is 3.32. The number of carbonyl (C=O) groups is 2. The second-order valence-corrected chi connectivity index (χ2v) is 11.0. The van der Waals surface area contributed by atoms with Gasteiger partial charge in [0, 0.05) is 5.41 Å². The Hall–Kier alpha value is -4.78. The molecular formula is C35H36O7. The summed E-state index contributed by atoms with van der Waals surface area (Å²) in [5.74, 6) is 2.68. The monoisotopic (exact) mass is 568 g/mol. The largest absolute Gasteiger partial charge is 0.508 e. The number of cyclic esters (lactones) is 2. The molecule has 1 heterocycles. The molecule has 218 valence electrons. The van der Waals surface area contributed by atoms with E-state index in [1.165, 1.54) is 11.1 Å². The third-order valence-electron chi connectivity index (χ3n) is 7.24.